The van der Waals surface area contributed by atoms with Crippen LogP contribution in [0.2, 0.25) is 0 Å². The number of hydrogen-bond acceptors (Lipinski definition) is 3. The van der Waals surface area contributed by atoms with Gasteiger partial charge in [-0.05, 0) is 19.4 Å². The maximum Gasteiger partial charge on any atom is 0.224 e. The SMILES string of the molecule is CC(C)C(=O)NCCNC(=O)[C@@H]1CCCNC1.Cl. The second-order valence-electron chi connectivity index (χ2n) is 4.78. The van der Waals surface area contributed by atoms with Crippen LogP contribution in [-0.2, 0) is 9.59 Å². The molecule has 5 nitrogen and oxygen atoms in total. The van der Waals surface area contributed by atoms with E-state index in [2.05, 4.69) is 16.0 Å². The molecule has 1 saturated heterocycles. The summed E-state index contributed by atoms with van der Waals surface area (Å²) in [4.78, 5) is 23.0. The van der Waals surface area contributed by atoms with E-state index in [1.807, 2.05) is 13.8 Å². The van der Waals surface area contributed by atoms with Gasteiger partial charge < -0.3 is 16.0 Å². The second kappa shape index (κ2) is 9.16. The van der Waals surface area contributed by atoms with Crippen LogP contribution < -0.4 is 16.0 Å². The fraction of sp³-hybridized carbons (Fsp3) is 0.833. The molecule has 18 heavy (non-hydrogen) atoms. The third kappa shape index (κ3) is 6.21. The molecule has 1 aliphatic rings. The first kappa shape index (κ1) is 17.2. The fourth-order valence-electron chi connectivity index (χ4n) is 1.80. The van der Waals surface area contributed by atoms with Gasteiger partial charge in [0.2, 0.25) is 11.8 Å². The predicted molar refractivity (Wildman–Crippen MR) is 73.7 cm³/mol. The van der Waals surface area contributed by atoms with Gasteiger partial charge in [-0.2, -0.15) is 0 Å². The standard InChI is InChI=1S/C12H23N3O2.ClH/c1-9(2)11(16)14-6-7-15-12(17)10-4-3-5-13-8-10;/h9-10,13H,3-8H2,1-2H3,(H,14,16)(H,15,17);1H/t10-;/m1./s1. The molecule has 106 valence electrons. The lowest BCUT2D eigenvalue weighted by molar-refractivity contribution is -0.126. The zero-order chi connectivity index (χ0) is 12.7. The number of piperidine rings is 1. The molecule has 0 aromatic heterocycles. The van der Waals surface area contributed by atoms with Crippen molar-refractivity contribution in [2.24, 2.45) is 11.8 Å². The molecular formula is C12H24ClN3O2. The number of hydrogen-bond donors (Lipinski definition) is 3. The highest BCUT2D eigenvalue weighted by molar-refractivity contribution is 5.85. The van der Waals surface area contributed by atoms with E-state index in [0.29, 0.717) is 13.1 Å². The Labute approximate surface area is 115 Å². The van der Waals surface area contributed by atoms with Crippen LogP contribution in [0.4, 0.5) is 0 Å². The Morgan fingerprint density at radius 1 is 1.28 bits per heavy atom. The molecule has 0 aromatic carbocycles. The molecule has 0 aliphatic carbocycles. The Morgan fingerprint density at radius 2 is 1.94 bits per heavy atom. The summed E-state index contributed by atoms with van der Waals surface area (Å²) in [7, 11) is 0. The normalized spacial score (nSPS) is 18.9. The molecular weight excluding hydrogens is 254 g/mol. The maximum atomic E-state index is 11.7. The van der Waals surface area contributed by atoms with Crippen molar-refractivity contribution in [1.82, 2.24) is 16.0 Å². The largest absolute Gasteiger partial charge is 0.354 e. The topological polar surface area (TPSA) is 70.2 Å². The Kier molecular flexibility index (Phi) is 8.75. The fourth-order valence-corrected chi connectivity index (χ4v) is 1.80. The van der Waals surface area contributed by atoms with Crippen LogP contribution in [0.1, 0.15) is 26.7 Å². The van der Waals surface area contributed by atoms with Gasteiger partial charge in [-0.1, -0.05) is 13.8 Å². The molecule has 0 spiro atoms. The summed E-state index contributed by atoms with van der Waals surface area (Å²) < 4.78 is 0. The van der Waals surface area contributed by atoms with Crippen molar-refractivity contribution in [2.45, 2.75) is 26.7 Å². The third-order valence-corrected chi connectivity index (χ3v) is 2.92. The molecule has 0 saturated carbocycles. The van der Waals surface area contributed by atoms with E-state index >= 15 is 0 Å². The molecule has 2 amide bonds. The molecule has 0 bridgehead atoms. The summed E-state index contributed by atoms with van der Waals surface area (Å²) in [5.41, 5.74) is 0. The highest BCUT2D eigenvalue weighted by Crippen LogP contribution is 2.09. The average molecular weight is 278 g/mol. The molecule has 1 rings (SSSR count). The Bertz CT molecular complexity index is 266. The van der Waals surface area contributed by atoms with E-state index in [1.54, 1.807) is 0 Å². The van der Waals surface area contributed by atoms with E-state index < -0.39 is 0 Å². The van der Waals surface area contributed by atoms with E-state index in [0.717, 1.165) is 25.9 Å². The lowest BCUT2D eigenvalue weighted by atomic mass is 9.99. The van der Waals surface area contributed by atoms with E-state index in [1.165, 1.54) is 0 Å². The van der Waals surface area contributed by atoms with Crippen molar-refractivity contribution in [3.8, 4) is 0 Å². The number of carbonyl (C=O) groups is 2. The molecule has 1 aliphatic heterocycles. The lowest BCUT2D eigenvalue weighted by Crippen LogP contribution is -2.43. The molecule has 6 heteroatoms. The zero-order valence-electron chi connectivity index (χ0n) is 11.1. The van der Waals surface area contributed by atoms with Crippen LogP contribution in [0.3, 0.4) is 0 Å². The van der Waals surface area contributed by atoms with Crippen molar-refractivity contribution >= 4 is 24.2 Å². The third-order valence-electron chi connectivity index (χ3n) is 2.92. The van der Waals surface area contributed by atoms with Crippen LogP contribution in [0.25, 0.3) is 0 Å². The molecule has 0 aromatic rings. The first-order valence-electron chi connectivity index (χ1n) is 6.37. The molecule has 1 atom stereocenters. The summed E-state index contributed by atoms with van der Waals surface area (Å²) in [5.74, 6) is 0.201. The van der Waals surface area contributed by atoms with Gasteiger partial charge in [0.1, 0.15) is 0 Å². The quantitative estimate of drug-likeness (QED) is 0.633. The minimum atomic E-state index is -0.00625. The van der Waals surface area contributed by atoms with Gasteiger partial charge in [-0.15, -0.1) is 12.4 Å². The Hall–Kier alpha value is -0.810. The number of halogens is 1. The smallest absolute Gasteiger partial charge is 0.224 e. The average Bonchev–Trinajstić information content (AvgIpc) is 2.35. The van der Waals surface area contributed by atoms with Gasteiger partial charge in [0, 0.05) is 25.6 Å². The molecule has 1 fully saturated rings. The van der Waals surface area contributed by atoms with Crippen LogP contribution in [-0.4, -0.2) is 38.0 Å². The highest BCUT2D eigenvalue weighted by atomic mass is 35.5. The van der Waals surface area contributed by atoms with E-state index in [9.17, 15) is 9.59 Å². The summed E-state index contributed by atoms with van der Waals surface area (Å²) >= 11 is 0. The van der Waals surface area contributed by atoms with Gasteiger partial charge in [-0.25, -0.2) is 0 Å². The summed E-state index contributed by atoms with van der Waals surface area (Å²) in [6.07, 6.45) is 2.01. The van der Waals surface area contributed by atoms with Crippen molar-refractivity contribution in [3.05, 3.63) is 0 Å². The first-order valence-corrected chi connectivity index (χ1v) is 6.37. The minimum absolute atomic E-state index is 0. The van der Waals surface area contributed by atoms with Crippen molar-refractivity contribution < 1.29 is 9.59 Å². The van der Waals surface area contributed by atoms with E-state index in [-0.39, 0.29) is 36.1 Å². The van der Waals surface area contributed by atoms with Crippen LogP contribution in [0, 0.1) is 11.8 Å². The minimum Gasteiger partial charge on any atom is -0.354 e. The summed E-state index contributed by atoms with van der Waals surface area (Å²) in [5, 5.41) is 8.83. The maximum absolute atomic E-state index is 11.7. The first-order chi connectivity index (χ1) is 8.11. The lowest BCUT2D eigenvalue weighted by Gasteiger charge is -2.21. The number of nitrogens with one attached hydrogen (secondary N) is 3. The summed E-state index contributed by atoms with van der Waals surface area (Å²) in [6, 6.07) is 0. The van der Waals surface area contributed by atoms with Crippen LogP contribution in [0.15, 0.2) is 0 Å². The van der Waals surface area contributed by atoms with Gasteiger partial charge in [-0.3, -0.25) is 9.59 Å². The van der Waals surface area contributed by atoms with Crippen molar-refractivity contribution in [2.75, 3.05) is 26.2 Å². The summed E-state index contributed by atoms with van der Waals surface area (Å²) in [6.45, 7) is 6.48. The van der Waals surface area contributed by atoms with Crippen molar-refractivity contribution in [1.29, 1.82) is 0 Å². The predicted octanol–water partition coefficient (Wildman–Crippen LogP) is 0.296. The van der Waals surface area contributed by atoms with Gasteiger partial charge in [0.05, 0.1) is 5.92 Å². The van der Waals surface area contributed by atoms with Crippen molar-refractivity contribution in [3.63, 3.8) is 0 Å². The van der Waals surface area contributed by atoms with Gasteiger partial charge in [0.25, 0.3) is 0 Å². The molecule has 3 N–H and O–H groups in total. The molecule has 1 heterocycles. The van der Waals surface area contributed by atoms with Crippen LogP contribution in [0.5, 0.6) is 0 Å². The number of carbonyl (C=O) groups excluding carboxylic acids is 2. The number of rotatable bonds is 5. The Balaban J connectivity index is 0.00000289. The molecule has 0 unspecified atom stereocenters. The van der Waals surface area contributed by atoms with Crippen LogP contribution >= 0.6 is 12.4 Å². The van der Waals surface area contributed by atoms with E-state index in [4.69, 9.17) is 0 Å². The monoisotopic (exact) mass is 277 g/mol. The van der Waals surface area contributed by atoms with Gasteiger partial charge in [0.15, 0.2) is 0 Å². The Morgan fingerprint density at radius 3 is 2.50 bits per heavy atom. The number of amides is 2. The zero-order valence-corrected chi connectivity index (χ0v) is 11.9. The van der Waals surface area contributed by atoms with Gasteiger partial charge >= 0.3 is 0 Å². The second-order valence-corrected chi connectivity index (χ2v) is 4.78. The highest BCUT2D eigenvalue weighted by Gasteiger charge is 2.20. The molecule has 0 radical (unpaired) electrons.